The van der Waals surface area contributed by atoms with E-state index in [0.29, 0.717) is 19.0 Å². The van der Waals surface area contributed by atoms with Crippen molar-refractivity contribution in [3.63, 3.8) is 0 Å². The number of hydrogen-bond donors (Lipinski definition) is 1. The fraction of sp³-hybridized carbons (Fsp3) is 0.294. The summed E-state index contributed by atoms with van der Waals surface area (Å²) in [6, 6.07) is 12.4. The maximum Gasteiger partial charge on any atom is 0.132 e. The summed E-state index contributed by atoms with van der Waals surface area (Å²) in [5.41, 5.74) is 1.40. The van der Waals surface area contributed by atoms with Gasteiger partial charge in [0.1, 0.15) is 17.3 Å². The zero-order valence-electron chi connectivity index (χ0n) is 11.8. The smallest absolute Gasteiger partial charge is 0.132 e. The van der Waals surface area contributed by atoms with Crippen LogP contribution in [0.2, 0.25) is 0 Å². The van der Waals surface area contributed by atoms with E-state index in [9.17, 15) is 9.50 Å². The minimum Gasteiger partial charge on any atom is -0.493 e. The van der Waals surface area contributed by atoms with Crippen molar-refractivity contribution in [2.75, 3.05) is 13.2 Å². The van der Waals surface area contributed by atoms with Crippen LogP contribution in [-0.2, 0) is 0 Å². The second-order valence-corrected chi connectivity index (χ2v) is 5.22. The van der Waals surface area contributed by atoms with Crippen molar-refractivity contribution in [2.45, 2.75) is 18.9 Å². The molecule has 1 N–H and O–H groups in total. The van der Waals surface area contributed by atoms with Crippen LogP contribution >= 0.6 is 0 Å². The molecule has 3 rings (SSSR count). The van der Waals surface area contributed by atoms with Crippen LogP contribution in [0, 0.1) is 5.82 Å². The summed E-state index contributed by atoms with van der Waals surface area (Å²) in [5.74, 6) is 1.05. The Morgan fingerprint density at radius 2 is 2.14 bits per heavy atom. The summed E-state index contributed by atoms with van der Waals surface area (Å²) in [7, 11) is 0. The van der Waals surface area contributed by atoms with Gasteiger partial charge < -0.3 is 14.6 Å². The van der Waals surface area contributed by atoms with E-state index in [2.05, 4.69) is 0 Å². The summed E-state index contributed by atoms with van der Waals surface area (Å²) in [4.78, 5) is 0. The van der Waals surface area contributed by atoms with E-state index in [4.69, 9.17) is 9.47 Å². The first kappa shape index (κ1) is 13.9. The maximum absolute atomic E-state index is 13.8. The minimum absolute atomic E-state index is 0.153. The molecule has 2 atom stereocenters. The van der Waals surface area contributed by atoms with Crippen molar-refractivity contribution in [3.05, 3.63) is 59.4 Å². The van der Waals surface area contributed by atoms with E-state index >= 15 is 0 Å². The third-order valence-electron chi connectivity index (χ3n) is 3.67. The van der Waals surface area contributed by atoms with E-state index in [-0.39, 0.29) is 11.5 Å². The van der Waals surface area contributed by atoms with Gasteiger partial charge in [0.25, 0.3) is 0 Å². The minimum atomic E-state index is -0.825. The van der Waals surface area contributed by atoms with E-state index in [1.807, 2.05) is 24.3 Å². The van der Waals surface area contributed by atoms with Gasteiger partial charge in [-0.1, -0.05) is 18.2 Å². The lowest BCUT2D eigenvalue weighted by molar-refractivity contribution is 0.193. The second kappa shape index (κ2) is 5.74. The van der Waals surface area contributed by atoms with Gasteiger partial charge in [-0.2, -0.15) is 0 Å². The van der Waals surface area contributed by atoms with E-state index in [0.717, 1.165) is 11.3 Å². The molecule has 1 aliphatic heterocycles. The number of ether oxygens (including phenoxy) is 2. The molecule has 0 radical (unpaired) electrons. The molecule has 110 valence electrons. The highest BCUT2D eigenvalue weighted by atomic mass is 19.1. The zero-order valence-corrected chi connectivity index (χ0v) is 11.8. The summed E-state index contributed by atoms with van der Waals surface area (Å²) in [6.45, 7) is 2.55. The molecule has 0 spiro atoms. The lowest BCUT2D eigenvalue weighted by Crippen LogP contribution is -2.12. The Morgan fingerprint density at radius 3 is 2.90 bits per heavy atom. The predicted octanol–water partition coefficient (Wildman–Crippen LogP) is 3.43. The number of aliphatic hydroxyl groups excluding tert-OH is 1. The van der Waals surface area contributed by atoms with Crippen molar-refractivity contribution in [1.82, 2.24) is 0 Å². The third-order valence-corrected chi connectivity index (χ3v) is 3.67. The molecule has 2 aromatic rings. The van der Waals surface area contributed by atoms with Crippen LogP contribution in [0.15, 0.2) is 42.5 Å². The Kier molecular flexibility index (Phi) is 3.80. The molecular weight excluding hydrogens is 271 g/mol. The molecule has 2 unspecified atom stereocenters. The molecule has 2 aromatic carbocycles. The number of fused-ring (bicyclic) bond motifs is 1. The SMILES string of the molecule is CC(O)c1ccc(OCC2COc3ccccc32)cc1F. The molecule has 0 fully saturated rings. The molecule has 0 aromatic heterocycles. The molecule has 4 heteroatoms. The van der Waals surface area contributed by atoms with Crippen LogP contribution in [0.1, 0.15) is 30.1 Å². The fourth-order valence-electron chi connectivity index (χ4n) is 2.50. The van der Waals surface area contributed by atoms with Crippen LogP contribution < -0.4 is 9.47 Å². The fourth-order valence-corrected chi connectivity index (χ4v) is 2.50. The quantitative estimate of drug-likeness (QED) is 0.936. The van der Waals surface area contributed by atoms with Crippen LogP contribution in [0.3, 0.4) is 0 Å². The lowest BCUT2D eigenvalue weighted by Gasteiger charge is -2.13. The van der Waals surface area contributed by atoms with Gasteiger partial charge in [-0.3, -0.25) is 0 Å². The second-order valence-electron chi connectivity index (χ2n) is 5.22. The van der Waals surface area contributed by atoms with Crippen molar-refractivity contribution < 1.29 is 19.0 Å². The molecule has 0 bridgehead atoms. The Labute approximate surface area is 122 Å². The molecule has 3 nitrogen and oxygen atoms in total. The summed E-state index contributed by atoms with van der Waals surface area (Å²) < 4.78 is 25.0. The number of hydrogen-bond acceptors (Lipinski definition) is 3. The number of rotatable bonds is 4. The molecule has 0 saturated carbocycles. The van der Waals surface area contributed by atoms with Gasteiger partial charge in [0, 0.05) is 17.2 Å². The Bertz CT molecular complexity index is 640. The monoisotopic (exact) mass is 288 g/mol. The van der Waals surface area contributed by atoms with Crippen molar-refractivity contribution in [2.24, 2.45) is 0 Å². The average molecular weight is 288 g/mol. The lowest BCUT2D eigenvalue weighted by atomic mass is 10.0. The summed E-state index contributed by atoms with van der Waals surface area (Å²) in [6.07, 6.45) is -0.825. The Balaban J connectivity index is 1.68. The van der Waals surface area contributed by atoms with Gasteiger partial charge in [-0.15, -0.1) is 0 Å². The number of aliphatic hydroxyl groups is 1. The average Bonchev–Trinajstić information content (AvgIpc) is 2.88. The maximum atomic E-state index is 13.8. The largest absolute Gasteiger partial charge is 0.493 e. The highest BCUT2D eigenvalue weighted by Crippen LogP contribution is 2.34. The first-order chi connectivity index (χ1) is 10.1. The molecule has 1 heterocycles. The normalized spacial score (nSPS) is 18.0. The molecule has 0 aliphatic carbocycles. The Morgan fingerprint density at radius 1 is 1.33 bits per heavy atom. The van der Waals surface area contributed by atoms with Crippen LogP contribution in [-0.4, -0.2) is 18.3 Å². The third kappa shape index (κ3) is 2.85. The standard InChI is InChI=1S/C17H17FO3/c1-11(19)14-7-6-13(8-16(14)18)20-9-12-10-21-17-5-3-2-4-15(12)17/h2-8,11-12,19H,9-10H2,1H3. The summed E-state index contributed by atoms with van der Waals surface area (Å²) >= 11 is 0. The first-order valence-electron chi connectivity index (χ1n) is 6.97. The Hall–Kier alpha value is -2.07. The highest BCUT2D eigenvalue weighted by Gasteiger charge is 2.24. The van der Waals surface area contributed by atoms with Crippen LogP contribution in [0.25, 0.3) is 0 Å². The molecular formula is C17H17FO3. The van der Waals surface area contributed by atoms with Crippen LogP contribution in [0.5, 0.6) is 11.5 Å². The highest BCUT2D eigenvalue weighted by molar-refractivity contribution is 5.40. The van der Waals surface area contributed by atoms with E-state index in [1.165, 1.54) is 13.0 Å². The van der Waals surface area contributed by atoms with Gasteiger partial charge in [-0.05, 0) is 25.1 Å². The predicted molar refractivity (Wildman–Crippen MR) is 77.2 cm³/mol. The van der Waals surface area contributed by atoms with E-state index < -0.39 is 11.9 Å². The number of benzene rings is 2. The van der Waals surface area contributed by atoms with Gasteiger partial charge in [0.05, 0.1) is 25.2 Å². The van der Waals surface area contributed by atoms with Crippen molar-refractivity contribution >= 4 is 0 Å². The number of halogens is 1. The van der Waals surface area contributed by atoms with Gasteiger partial charge in [0.2, 0.25) is 0 Å². The van der Waals surface area contributed by atoms with Gasteiger partial charge >= 0.3 is 0 Å². The number of para-hydroxylation sites is 1. The molecule has 0 saturated heterocycles. The summed E-state index contributed by atoms with van der Waals surface area (Å²) in [5, 5.41) is 9.41. The van der Waals surface area contributed by atoms with Crippen LogP contribution in [0.4, 0.5) is 4.39 Å². The molecule has 1 aliphatic rings. The van der Waals surface area contributed by atoms with Crippen molar-refractivity contribution in [3.8, 4) is 11.5 Å². The molecule has 0 amide bonds. The molecule has 21 heavy (non-hydrogen) atoms. The van der Waals surface area contributed by atoms with Gasteiger partial charge in [-0.25, -0.2) is 4.39 Å². The topological polar surface area (TPSA) is 38.7 Å². The first-order valence-corrected chi connectivity index (χ1v) is 6.97. The van der Waals surface area contributed by atoms with E-state index in [1.54, 1.807) is 12.1 Å². The zero-order chi connectivity index (χ0) is 14.8. The van der Waals surface area contributed by atoms with Crippen molar-refractivity contribution in [1.29, 1.82) is 0 Å². The van der Waals surface area contributed by atoms with Gasteiger partial charge in [0.15, 0.2) is 0 Å².